The Morgan fingerprint density at radius 1 is 1.10 bits per heavy atom. The molecule has 20 heavy (non-hydrogen) atoms. The number of benzene rings is 2. The predicted octanol–water partition coefficient (Wildman–Crippen LogP) is 3.17. The number of aliphatic hydroxyl groups excluding tert-OH is 1. The molecule has 0 radical (unpaired) electrons. The van der Waals surface area contributed by atoms with Crippen molar-refractivity contribution >= 4 is 0 Å². The number of rotatable bonds is 2. The summed E-state index contributed by atoms with van der Waals surface area (Å²) in [5, 5.41) is 20.2. The van der Waals surface area contributed by atoms with Crippen LogP contribution in [-0.2, 0) is 12.8 Å². The van der Waals surface area contributed by atoms with E-state index in [0.29, 0.717) is 18.4 Å². The van der Waals surface area contributed by atoms with Crippen molar-refractivity contribution in [3.8, 4) is 6.07 Å². The van der Waals surface area contributed by atoms with Crippen molar-refractivity contribution in [3.05, 3.63) is 71.0 Å². The topological polar surface area (TPSA) is 44.0 Å². The standard InChI is InChI=1S/C17H14FNO/c18-15-7-3-6-12(8-15)16(20)17(11-19)9-13-4-1-2-5-14(13)10-17/h1-8,16,20H,9-10H2. The minimum atomic E-state index is -0.990. The average Bonchev–Trinajstić information content (AvgIpc) is 2.86. The van der Waals surface area contributed by atoms with Gasteiger partial charge in [-0.05, 0) is 41.7 Å². The molecule has 0 fully saturated rings. The number of aliphatic hydroxyl groups is 1. The zero-order valence-electron chi connectivity index (χ0n) is 10.9. The summed E-state index contributed by atoms with van der Waals surface area (Å²) < 4.78 is 13.3. The van der Waals surface area contributed by atoms with Crippen LogP contribution < -0.4 is 0 Å². The molecule has 1 unspecified atom stereocenters. The molecule has 0 spiro atoms. The van der Waals surface area contributed by atoms with Gasteiger partial charge in [-0.1, -0.05) is 36.4 Å². The fourth-order valence-electron chi connectivity index (χ4n) is 2.97. The maximum Gasteiger partial charge on any atom is 0.123 e. The molecule has 1 aliphatic rings. The summed E-state index contributed by atoms with van der Waals surface area (Å²) in [7, 11) is 0. The molecular formula is C17H14FNO. The van der Waals surface area contributed by atoms with Crippen LogP contribution in [0.25, 0.3) is 0 Å². The highest BCUT2D eigenvalue weighted by atomic mass is 19.1. The molecule has 0 bridgehead atoms. The number of hydrogen-bond donors (Lipinski definition) is 1. The Kier molecular flexibility index (Phi) is 3.04. The molecule has 3 rings (SSSR count). The first kappa shape index (κ1) is 12.8. The van der Waals surface area contributed by atoms with Crippen molar-refractivity contribution < 1.29 is 9.50 Å². The molecule has 0 saturated heterocycles. The Hall–Kier alpha value is -2.18. The second-order valence-electron chi connectivity index (χ2n) is 5.35. The predicted molar refractivity (Wildman–Crippen MR) is 73.3 cm³/mol. The van der Waals surface area contributed by atoms with Gasteiger partial charge in [0.15, 0.2) is 0 Å². The molecule has 2 nitrogen and oxygen atoms in total. The van der Waals surface area contributed by atoms with Crippen molar-refractivity contribution in [2.45, 2.75) is 18.9 Å². The van der Waals surface area contributed by atoms with Gasteiger partial charge in [-0.15, -0.1) is 0 Å². The highest BCUT2D eigenvalue weighted by Crippen LogP contribution is 2.45. The lowest BCUT2D eigenvalue weighted by Crippen LogP contribution is -2.28. The molecule has 0 aromatic heterocycles. The summed E-state index contributed by atoms with van der Waals surface area (Å²) in [6, 6.07) is 15.9. The Bertz CT molecular complexity index is 664. The first-order chi connectivity index (χ1) is 9.64. The fraction of sp³-hybridized carbons (Fsp3) is 0.235. The van der Waals surface area contributed by atoms with Gasteiger partial charge >= 0.3 is 0 Å². The molecule has 0 saturated carbocycles. The first-order valence-corrected chi connectivity index (χ1v) is 6.56. The van der Waals surface area contributed by atoms with E-state index in [-0.39, 0.29) is 0 Å². The number of hydrogen-bond acceptors (Lipinski definition) is 2. The van der Waals surface area contributed by atoms with Crippen molar-refractivity contribution in [1.29, 1.82) is 5.26 Å². The summed E-state index contributed by atoms with van der Waals surface area (Å²) in [4.78, 5) is 0. The summed E-state index contributed by atoms with van der Waals surface area (Å²) >= 11 is 0. The largest absolute Gasteiger partial charge is 0.387 e. The minimum Gasteiger partial charge on any atom is -0.387 e. The molecule has 100 valence electrons. The second-order valence-corrected chi connectivity index (χ2v) is 5.35. The molecule has 1 atom stereocenters. The third-order valence-electron chi connectivity index (χ3n) is 4.04. The van der Waals surface area contributed by atoms with E-state index in [0.717, 1.165) is 11.1 Å². The zero-order valence-corrected chi connectivity index (χ0v) is 10.9. The van der Waals surface area contributed by atoms with Crippen LogP contribution in [0.2, 0.25) is 0 Å². The van der Waals surface area contributed by atoms with Gasteiger partial charge in [0.2, 0.25) is 0 Å². The molecule has 0 heterocycles. The highest BCUT2D eigenvalue weighted by molar-refractivity contribution is 5.39. The fourth-order valence-corrected chi connectivity index (χ4v) is 2.97. The molecular weight excluding hydrogens is 253 g/mol. The monoisotopic (exact) mass is 267 g/mol. The third-order valence-corrected chi connectivity index (χ3v) is 4.04. The van der Waals surface area contributed by atoms with E-state index in [4.69, 9.17) is 0 Å². The number of halogens is 1. The van der Waals surface area contributed by atoms with E-state index in [1.807, 2.05) is 24.3 Å². The van der Waals surface area contributed by atoms with Crippen molar-refractivity contribution in [3.63, 3.8) is 0 Å². The Labute approximate surface area is 117 Å². The molecule has 2 aromatic rings. The summed E-state index contributed by atoms with van der Waals surface area (Å²) in [6.45, 7) is 0. The third kappa shape index (κ3) is 1.99. The summed E-state index contributed by atoms with van der Waals surface area (Å²) in [5.41, 5.74) is 1.73. The van der Waals surface area contributed by atoms with E-state index in [2.05, 4.69) is 6.07 Å². The average molecular weight is 267 g/mol. The van der Waals surface area contributed by atoms with Crippen LogP contribution in [0.3, 0.4) is 0 Å². The van der Waals surface area contributed by atoms with E-state index in [9.17, 15) is 14.8 Å². The van der Waals surface area contributed by atoms with Crippen LogP contribution in [0.5, 0.6) is 0 Å². The van der Waals surface area contributed by atoms with Crippen molar-refractivity contribution in [1.82, 2.24) is 0 Å². The Morgan fingerprint density at radius 2 is 1.75 bits per heavy atom. The minimum absolute atomic E-state index is 0.398. The van der Waals surface area contributed by atoms with Crippen LogP contribution in [0.15, 0.2) is 48.5 Å². The van der Waals surface area contributed by atoms with Crippen molar-refractivity contribution in [2.75, 3.05) is 0 Å². The molecule has 2 aromatic carbocycles. The zero-order chi connectivity index (χ0) is 14.2. The van der Waals surface area contributed by atoms with E-state index < -0.39 is 17.3 Å². The maximum absolute atomic E-state index is 13.3. The molecule has 0 aliphatic heterocycles. The van der Waals surface area contributed by atoms with Crippen LogP contribution in [0, 0.1) is 22.6 Å². The smallest absolute Gasteiger partial charge is 0.123 e. The lowest BCUT2D eigenvalue weighted by Gasteiger charge is -2.27. The molecule has 1 N–H and O–H groups in total. The molecule has 0 amide bonds. The number of fused-ring (bicyclic) bond motifs is 1. The SMILES string of the molecule is N#CC1(C(O)c2cccc(F)c2)Cc2ccccc2C1. The Balaban J connectivity index is 1.98. The van der Waals surface area contributed by atoms with Gasteiger partial charge in [-0.3, -0.25) is 0 Å². The first-order valence-electron chi connectivity index (χ1n) is 6.56. The van der Waals surface area contributed by atoms with Gasteiger partial charge in [0.25, 0.3) is 0 Å². The van der Waals surface area contributed by atoms with Gasteiger partial charge in [0, 0.05) is 0 Å². The van der Waals surface area contributed by atoms with Gasteiger partial charge in [0.05, 0.1) is 17.6 Å². The van der Waals surface area contributed by atoms with Gasteiger partial charge in [-0.25, -0.2) is 4.39 Å². The quantitative estimate of drug-likeness (QED) is 0.908. The van der Waals surface area contributed by atoms with E-state index in [1.54, 1.807) is 12.1 Å². The van der Waals surface area contributed by atoms with Crippen molar-refractivity contribution in [2.24, 2.45) is 5.41 Å². The molecule has 3 heteroatoms. The lowest BCUT2D eigenvalue weighted by atomic mass is 9.77. The van der Waals surface area contributed by atoms with Crippen LogP contribution in [-0.4, -0.2) is 5.11 Å². The van der Waals surface area contributed by atoms with Gasteiger partial charge < -0.3 is 5.11 Å². The Morgan fingerprint density at radius 3 is 2.30 bits per heavy atom. The highest BCUT2D eigenvalue weighted by Gasteiger charge is 2.44. The summed E-state index contributed by atoms with van der Waals surface area (Å²) in [6.07, 6.45) is 0.00456. The lowest BCUT2D eigenvalue weighted by molar-refractivity contribution is 0.0691. The molecule has 1 aliphatic carbocycles. The van der Waals surface area contributed by atoms with Crippen LogP contribution in [0.1, 0.15) is 22.8 Å². The second kappa shape index (κ2) is 4.73. The summed E-state index contributed by atoms with van der Waals surface area (Å²) in [5.74, 6) is -0.398. The van der Waals surface area contributed by atoms with Crippen LogP contribution in [0.4, 0.5) is 4.39 Å². The van der Waals surface area contributed by atoms with Crippen LogP contribution >= 0.6 is 0 Å². The van der Waals surface area contributed by atoms with Gasteiger partial charge in [0.1, 0.15) is 5.82 Å². The van der Waals surface area contributed by atoms with E-state index >= 15 is 0 Å². The van der Waals surface area contributed by atoms with E-state index in [1.165, 1.54) is 12.1 Å². The number of nitriles is 1. The van der Waals surface area contributed by atoms with Gasteiger partial charge in [-0.2, -0.15) is 5.26 Å². The number of nitrogens with zero attached hydrogens (tertiary/aromatic N) is 1. The maximum atomic E-state index is 13.3. The normalized spacial score (nSPS) is 17.2.